The molecule has 1 atom stereocenters. The first-order valence-electron chi connectivity index (χ1n) is 15.4. The van der Waals surface area contributed by atoms with Gasteiger partial charge in [0.15, 0.2) is 0 Å². The number of esters is 1. The van der Waals surface area contributed by atoms with E-state index >= 15 is 0 Å². The van der Waals surface area contributed by atoms with Crippen molar-refractivity contribution in [2.24, 2.45) is 0 Å². The minimum Gasteiger partial charge on any atom is -0.481 e. The molecule has 0 rings (SSSR count). The Labute approximate surface area is 239 Å². The summed E-state index contributed by atoms with van der Waals surface area (Å²) in [6.45, 7) is 4.29. The summed E-state index contributed by atoms with van der Waals surface area (Å²) in [5, 5.41) is 8.73. The van der Waals surface area contributed by atoms with Crippen molar-refractivity contribution in [3.63, 3.8) is 0 Å². The average molecular weight is 541 g/mol. The molecule has 1 unspecified atom stereocenters. The number of carboxylic acid groups (broad SMARTS) is 1. The number of carbonyl (C=O) groups excluding carboxylic acids is 1. The van der Waals surface area contributed by atoms with Gasteiger partial charge in [-0.25, -0.2) is 0 Å². The number of carboxylic acids is 1. The Kier molecular flexibility index (Phi) is 27.9. The van der Waals surface area contributed by atoms with Crippen LogP contribution in [0.1, 0.15) is 129 Å². The van der Waals surface area contributed by atoms with Gasteiger partial charge in [0.05, 0.1) is 0 Å². The van der Waals surface area contributed by atoms with E-state index in [0.29, 0.717) is 12.8 Å². The van der Waals surface area contributed by atoms with E-state index in [0.717, 1.165) is 96.3 Å². The van der Waals surface area contributed by atoms with Crippen LogP contribution >= 0.6 is 0 Å². The highest BCUT2D eigenvalue weighted by molar-refractivity contribution is 5.69. The number of hydrogen-bond donors (Lipinski definition) is 1. The summed E-state index contributed by atoms with van der Waals surface area (Å²) in [4.78, 5) is 22.9. The van der Waals surface area contributed by atoms with Crippen LogP contribution in [0, 0.1) is 0 Å². The van der Waals surface area contributed by atoms with Crippen molar-refractivity contribution in [1.29, 1.82) is 0 Å². The smallest absolute Gasteiger partial charge is 0.306 e. The molecule has 0 aromatic rings. The molecule has 0 aromatic carbocycles. The molecule has 0 aliphatic rings. The Hall–Kier alpha value is -2.62. The van der Waals surface area contributed by atoms with E-state index in [1.165, 1.54) is 0 Å². The van der Waals surface area contributed by atoms with Crippen LogP contribution in [0.15, 0.2) is 72.9 Å². The average Bonchev–Trinajstić information content (AvgIpc) is 2.91. The topological polar surface area (TPSA) is 63.6 Å². The van der Waals surface area contributed by atoms with E-state index in [4.69, 9.17) is 9.84 Å². The van der Waals surface area contributed by atoms with Crippen molar-refractivity contribution < 1.29 is 19.4 Å². The minimum absolute atomic E-state index is 0.109. The minimum atomic E-state index is -0.734. The summed E-state index contributed by atoms with van der Waals surface area (Å²) in [6, 6.07) is 0. The number of aliphatic carboxylic acids is 1. The van der Waals surface area contributed by atoms with Crippen LogP contribution < -0.4 is 0 Å². The predicted octanol–water partition coefficient (Wildman–Crippen LogP) is 10.4. The lowest BCUT2D eigenvalue weighted by Crippen LogP contribution is -2.16. The Bertz CT molecular complexity index is 755. The van der Waals surface area contributed by atoms with E-state index < -0.39 is 5.97 Å². The van der Waals surface area contributed by atoms with Gasteiger partial charge >= 0.3 is 11.9 Å². The maximum absolute atomic E-state index is 12.3. The predicted molar refractivity (Wildman–Crippen MR) is 167 cm³/mol. The van der Waals surface area contributed by atoms with Gasteiger partial charge in [-0.3, -0.25) is 9.59 Å². The van der Waals surface area contributed by atoms with Gasteiger partial charge in [0, 0.05) is 12.8 Å². The van der Waals surface area contributed by atoms with Crippen molar-refractivity contribution in [2.45, 2.75) is 136 Å². The fraction of sp³-hybridized carbons (Fsp3) is 0.600. The molecule has 0 saturated heterocycles. The lowest BCUT2D eigenvalue weighted by Gasteiger charge is -2.14. The molecule has 4 heteroatoms. The van der Waals surface area contributed by atoms with Gasteiger partial charge in [-0.2, -0.15) is 0 Å². The zero-order valence-corrected chi connectivity index (χ0v) is 24.9. The number of hydrogen-bond acceptors (Lipinski definition) is 3. The summed E-state index contributed by atoms with van der Waals surface area (Å²) in [5.41, 5.74) is 0. The Morgan fingerprint density at radius 1 is 0.615 bits per heavy atom. The van der Waals surface area contributed by atoms with Gasteiger partial charge < -0.3 is 9.84 Å². The Balaban J connectivity index is 3.89. The van der Waals surface area contributed by atoms with Crippen molar-refractivity contribution >= 4 is 11.9 Å². The van der Waals surface area contributed by atoms with Gasteiger partial charge in [-0.1, -0.05) is 106 Å². The standard InChI is InChI=1S/C35H56O4/c1-3-5-7-8-9-10-11-12-13-14-15-16-17-18-19-20-21-22-28-32-35(38)39-33(29-25-6-4-2)30-26-23-24-27-31-34(36)37/h5,7,9-10,12-13,15-16,18-19,25,29,33H,3-4,6,8,11,14,17,20-24,26-28,30-32H2,1-2H3,(H,36,37)/b7-5-,10-9-,13-12-,16-15-,19-18-,29-25-. The first kappa shape index (κ1) is 36.4. The van der Waals surface area contributed by atoms with Crippen molar-refractivity contribution in [1.82, 2.24) is 0 Å². The molecule has 1 N–H and O–H groups in total. The third-order valence-corrected chi connectivity index (χ3v) is 6.13. The van der Waals surface area contributed by atoms with Crippen LogP contribution in [-0.4, -0.2) is 23.1 Å². The molecule has 0 bridgehead atoms. The van der Waals surface area contributed by atoms with Gasteiger partial charge in [0.1, 0.15) is 6.10 Å². The van der Waals surface area contributed by atoms with Crippen LogP contribution in [0.25, 0.3) is 0 Å². The summed E-state index contributed by atoms with van der Waals surface area (Å²) >= 11 is 0. The number of carbonyl (C=O) groups is 2. The number of allylic oxidation sites excluding steroid dienone is 11. The zero-order valence-electron chi connectivity index (χ0n) is 24.9. The highest BCUT2D eigenvalue weighted by Gasteiger charge is 2.11. The third kappa shape index (κ3) is 29.8. The summed E-state index contributed by atoms with van der Waals surface area (Å²) < 4.78 is 5.73. The Morgan fingerprint density at radius 2 is 1.15 bits per heavy atom. The molecule has 0 amide bonds. The van der Waals surface area contributed by atoms with Crippen molar-refractivity contribution in [2.75, 3.05) is 0 Å². The first-order chi connectivity index (χ1) is 19.1. The van der Waals surface area contributed by atoms with Crippen LogP contribution in [0.4, 0.5) is 0 Å². The second-order valence-corrected chi connectivity index (χ2v) is 9.90. The third-order valence-electron chi connectivity index (χ3n) is 6.13. The molecule has 0 aromatic heterocycles. The van der Waals surface area contributed by atoms with Gasteiger partial charge in [-0.15, -0.1) is 0 Å². The van der Waals surface area contributed by atoms with E-state index in [2.05, 4.69) is 80.7 Å². The summed E-state index contributed by atoms with van der Waals surface area (Å²) in [6.07, 6.45) is 42.3. The van der Waals surface area contributed by atoms with Crippen molar-refractivity contribution in [3.8, 4) is 0 Å². The normalized spacial score (nSPS) is 13.3. The molecular formula is C35H56O4. The molecule has 0 fully saturated rings. The van der Waals surface area contributed by atoms with Gasteiger partial charge in [0.2, 0.25) is 0 Å². The van der Waals surface area contributed by atoms with Crippen LogP contribution in [-0.2, 0) is 14.3 Å². The lowest BCUT2D eigenvalue weighted by atomic mass is 10.1. The lowest BCUT2D eigenvalue weighted by molar-refractivity contribution is -0.147. The largest absolute Gasteiger partial charge is 0.481 e. The molecule has 0 aliphatic heterocycles. The number of rotatable bonds is 26. The summed E-state index contributed by atoms with van der Waals surface area (Å²) in [7, 11) is 0. The Morgan fingerprint density at radius 3 is 1.74 bits per heavy atom. The fourth-order valence-corrected chi connectivity index (χ4v) is 3.89. The highest BCUT2D eigenvalue weighted by Crippen LogP contribution is 2.13. The van der Waals surface area contributed by atoms with E-state index in [9.17, 15) is 9.59 Å². The molecule has 0 saturated carbocycles. The molecule has 0 aliphatic carbocycles. The van der Waals surface area contributed by atoms with Crippen LogP contribution in [0.3, 0.4) is 0 Å². The SMILES string of the molecule is CC/C=C\C/C=C\C/C=C\C/C=C\C/C=C\CCCCCC(=O)OC(/C=C\CCC)CCCCCCC(=O)O. The number of ether oxygens (including phenoxy) is 1. The quantitative estimate of drug-likeness (QED) is 0.0673. The van der Waals surface area contributed by atoms with E-state index in [-0.39, 0.29) is 18.5 Å². The number of unbranched alkanes of at least 4 members (excludes halogenated alkanes) is 7. The van der Waals surface area contributed by atoms with E-state index in [1.807, 2.05) is 6.08 Å². The summed E-state index contributed by atoms with van der Waals surface area (Å²) in [5.74, 6) is -0.843. The van der Waals surface area contributed by atoms with Crippen LogP contribution in [0.5, 0.6) is 0 Å². The monoisotopic (exact) mass is 540 g/mol. The second-order valence-electron chi connectivity index (χ2n) is 9.90. The molecule has 0 spiro atoms. The zero-order chi connectivity index (χ0) is 28.7. The molecule has 0 heterocycles. The molecule has 0 radical (unpaired) electrons. The molecular weight excluding hydrogens is 484 g/mol. The first-order valence-corrected chi connectivity index (χ1v) is 15.4. The molecule has 39 heavy (non-hydrogen) atoms. The van der Waals surface area contributed by atoms with E-state index in [1.54, 1.807) is 0 Å². The maximum atomic E-state index is 12.3. The van der Waals surface area contributed by atoms with Gasteiger partial charge in [0.25, 0.3) is 0 Å². The maximum Gasteiger partial charge on any atom is 0.306 e. The molecule has 220 valence electrons. The van der Waals surface area contributed by atoms with Crippen molar-refractivity contribution in [3.05, 3.63) is 72.9 Å². The van der Waals surface area contributed by atoms with Gasteiger partial charge in [-0.05, 0) is 83.1 Å². The molecule has 4 nitrogen and oxygen atoms in total. The second kappa shape index (κ2) is 29.9. The van der Waals surface area contributed by atoms with Crippen LogP contribution in [0.2, 0.25) is 0 Å². The fourth-order valence-electron chi connectivity index (χ4n) is 3.89. The highest BCUT2D eigenvalue weighted by atomic mass is 16.5.